The summed E-state index contributed by atoms with van der Waals surface area (Å²) in [6.45, 7) is 5.63. The molecule has 0 amide bonds. The molecule has 2 aliphatic carbocycles. The number of nitrogens with one attached hydrogen (secondary N) is 2. The van der Waals surface area contributed by atoms with Crippen LogP contribution in [0.3, 0.4) is 0 Å². The molecular weight excluding hydrogens is 431 g/mol. The van der Waals surface area contributed by atoms with Crippen LogP contribution < -0.4 is 15.4 Å². The summed E-state index contributed by atoms with van der Waals surface area (Å²) in [6, 6.07) is 6.11. The Morgan fingerprint density at radius 2 is 1.85 bits per heavy atom. The van der Waals surface area contributed by atoms with E-state index in [4.69, 9.17) is 9.47 Å². The highest BCUT2D eigenvalue weighted by molar-refractivity contribution is 5.61. The number of aromatic nitrogens is 2. The van der Waals surface area contributed by atoms with Crippen LogP contribution in [-0.2, 0) is 11.2 Å². The van der Waals surface area contributed by atoms with Gasteiger partial charge in [-0.2, -0.15) is 0 Å². The molecule has 3 heterocycles. The van der Waals surface area contributed by atoms with Gasteiger partial charge in [-0.1, -0.05) is 45.1 Å². The molecule has 0 radical (unpaired) electrons. The van der Waals surface area contributed by atoms with Gasteiger partial charge >= 0.3 is 0 Å². The lowest BCUT2D eigenvalue weighted by atomic mass is 9.81. The predicted octanol–water partition coefficient (Wildman–Crippen LogP) is 5.32. The minimum Gasteiger partial charge on any atom is -0.474 e. The molecule has 2 saturated heterocycles. The number of halogens is 1. The number of fused-ring (bicyclic) bond motifs is 2. The maximum Gasteiger partial charge on any atom is 0.221 e. The Hall–Kier alpha value is -2.25. The van der Waals surface area contributed by atoms with E-state index in [-0.39, 0.29) is 11.9 Å². The Balaban J connectivity index is 0.000000547. The molecule has 184 valence electrons. The molecule has 1 aromatic heterocycles. The van der Waals surface area contributed by atoms with Crippen LogP contribution in [0.5, 0.6) is 5.88 Å². The van der Waals surface area contributed by atoms with E-state index < -0.39 is 0 Å². The summed E-state index contributed by atoms with van der Waals surface area (Å²) >= 11 is 0. The van der Waals surface area contributed by atoms with Gasteiger partial charge < -0.3 is 20.1 Å². The summed E-state index contributed by atoms with van der Waals surface area (Å²) in [4.78, 5) is 8.65. The lowest BCUT2D eigenvalue weighted by molar-refractivity contribution is -0.0134. The van der Waals surface area contributed by atoms with E-state index in [0.717, 1.165) is 49.5 Å². The normalized spacial score (nSPS) is 26.1. The number of hydrogen-bond donors (Lipinski definition) is 2. The lowest BCUT2D eigenvalue weighted by Crippen LogP contribution is -2.56. The maximum absolute atomic E-state index is 14.7. The number of benzene rings is 1. The first kappa shape index (κ1) is 23.5. The Kier molecular flexibility index (Phi) is 7.30. The molecule has 2 aliphatic heterocycles. The van der Waals surface area contributed by atoms with Crippen molar-refractivity contribution in [2.75, 3.05) is 18.5 Å². The number of hydrogen-bond acceptors (Lipinski definition) is 6. The van der Waals surface area contributed by atoms with Crippen LogP contribution in [0.15, 0.2) is 24.5 Å². The van der Waals surface area contributed by atoms with Gasteiger partial charge in [0, 0.05) is 24.9 Å². The van der Waals surface area contributed by atoms with Crippen molar-refractivity contribution in [1.82, 2.24) is 15.3 Å². The molecule has 1 aromatic carbocycles. The van der Waals surface area contributed by atoms with E-state index >= 15 is 0 Å². The zero-order chi connectivity index (χ0) is 23.5. The van der Waals surface area contributed by atoms with Crippen LogP contribution >= 0.6 is 0 Å². The summed E-state index contributed by atoms with van der Waals surface area (Å²) in [5, 5.41) is 6.69. The van der Waals surface area contributed by atoms with Crippen molar-refractivity contribution in [2.24, 2.45) is 11.8 Å². The SMILES string of the molecule is CC1CC1.Cc1c(Nc2ccc(CC3CCC3)cc2F)ncnc1OC1CC2COCC(C1)N2. The summed E-state index contributed by atoms with van der Waals surface area (Å²) in [5.74, 6) is 2.68. The molecule has 2 atom stereocenters. The predicted molar refractivity (Wildman–Crippen MR) is 131 cm³/mol. The van der Waals surface area contributed by atoms with Gasteiger partial charge in [0.1, 0.15) is 24.1 Å². The Bertz CT molecular complexity index is 967. The highest BCUT2D eigenvalue weighted by Gasteiger charge is 2.33. The van der Waals surface area contributed by atoms with Crippen molar-refractivity contribution in [1.29, 1.82) is 0 Å². The van der Waals surface area contributed by atoms with Crippen molar-refractivity contribution < 1.29 is 13.9 Å². The number of rotatable bonds is 6. The van der Waals surface area contributed by atoms with Crippen LogP contribution in [0.4, 0.5) is 15.9 Å². The van der Waals surface area contributed by atoms with Gasteiger partial charge in [0.05, 0.1) is 24.5 Å². The van der Waals surface area contributed by atoms with Crippen LogP contribution in [-0.4, -0.2) is 41.4 Å². The molecule has 7 heteroatoms. The zero-order valence-electron chi connectivity index (χ0n) is 20.4. The number of ether oxygens (including phenoxy) is 2. The second-order valence-corrected chi connectivity index (χ2v) is 10.6. The van der Waals surface area contributed by atoms with E-state index in [2.05, 4.69) is 27.5 Å². The third kappa shape index (κ3) is 6.05. The van der Waals surface area contributed by atoms with Crippen molar-refractivity contribution in [3.8, 4) is 5.88 Å². The first-order valence-electron chi connectivity index (χ1n) is 12.9. The number of morpholine rings is 1. The van der Waals surface area contributed by atoms with Gasteiger partial charge in [0.2, 0.25) is 5.88 Å². The third-order valence-corrected chi connectivity index (χ3v) is 7.42. The van der Waals surface area contributed by atoms with Gasteiger partial charge in [-0.05, 0) is 42.9 Å². The smallest absolute Gasteiger partial charge is 0.221 e. The van der Waals surface area contributed by atoms with Crippen molar-refractivity contribution in [2.45, 2.75) is 83.4 Å². The average Bonchev–Trinajstić information content (AvgIpc) is 3.57. The van der Waals surface area contributed by atoms with Gasteiger partial charge in [-0.25, -0.2) is 14.4 Å². The molecule has 34 heavy (non-hydrogen) atoms. The molecule has 2 saturated carbocycles. The van der Waals surface area contributed by atoms with Gasteiger partial charge in [0.25, 0.3) is 0 Å². The molecule has 6 nitrogen and oxygen atoms in total. The molecule has 6 rings (SSSR count). The fourth-order valence-electron chi connectivity index (χ4n) is 4.83. The van der Waals surface area contributed by atoms with E-state index in [0.29, 0.717) is 35.4 Å². The lowest BCUT2D eigenvalue weighted by Gasteiger charge is -2.39. The monoisotopic (exact) mass is 468 g/mol. The fraction of sp³-hybridized carbons (Fsp3) is 0.630. The summed E-state index contributed by atoms with van der Waals surface area (Å²) < 4.78 is 26.5. The number of nitrogens with zero attached hydrogens (tertiary/aromatic N) is 2. The molecule has 2 unspecified atom stereocenters. The Morgan fingerprint density at radius 3 is 2.47 bits per heavy atom. The van der Waals surface area contributed by atoms with Crippen LogP contribution in [0.25, 0.3) is 0 Å². The minimum atomic E-state index is -0.251. The van der Waals surface area contributed by atoms with Crippen molar-refractivity contribution in [3.63, 3.8) is 0 Å². The van der Waals surface area contributed by atoms with Gasteiger partial charge in [-0.3, -0.25) is 0 Å². The molecule has 4 aliphatic rings. The van der Waals surface area contributed by atoms with Crippen LogP contribution in [0.1, 0.15) is 63.0 Å². The maximum atomic E-state index is 14.7. The largest absolute Gasteiger partial charge is 0.474 e. The Morgan fingerprint density at radius 1 is 1.12 bits per heavy atom. The quantitative estimate of drug-likeness (QED) is 0.598. The molecule has 2 aromatic rings. The summed E-state index contributed by atoms with van der Waals surface area (Å²) in [7, 11) is 0. The summed E-state index contributed by atoms with van der Waals surface area (Å²) in [5.41, 5.74) is 2.27. The highest BCUT2D eigenvalue weighted by atomic mass is 19.1. The fourth-order valence-corrected chi connectivity index (χ4v) is 4.83. The molecule has 2 N–H and O–H groups in total. The first-order valence-corrected chi connectivity index (χ1v) is 12.9. The third-order valence-electron chi connectivity index (χ3n) is 7.42. The van der Waals surface area contributed by atoms with Gasteiger partial charge in [0.15, 0.2) is 0 Å². The van der Waals surface area contributed by atoms with E-state index in [1.807, 2.05) is 13.0 Å². The molecule has 2 bridgehead atoms. The average molecular weight is 469 g/mol. The van der Waals surface area contributed by atoms with Gasteiger partial charge in [-0.15, -0.1) is 0 Å². The van der Waals surface area contributed by atoms with Crippen LogP contribution in [0.2, 0.25) is 0 Å². The number of anilines is 2. The molecule has 0 spiro atoms. The van der Waals surface area contributed by atoms with Crippen molar-refractivity contribution in [3.05, 3.63) is 41.5 Å². The molecule has 4 fully saturated rings. The minimum absolute atomic E-state index is 0.0918. The zero-order valence-corrected chi connectivity index (χ0v) is 20.4. The first-order chi connectivity index (χ1) is 16.5. The van der Waals surface area contributed by atoms with Crippen LogP contribution in [0, 0.1) is 24.6 Å². The standard InChI is InChI=1S/C23H29FN4O2.C4H8/c1-14-22(28-21-6-5-16(8-20(21)24)7-15-3-2-4-15)25-13-26-23(14)30-19-9-17-11-29-12-18(10-19)27-17;1-4-2-3-4/h5-6,8,13,15,17-19,27H,2-4,7,9-12H2,1H3,(H,25,26,28);4H,2-3H2,1H3. The second-order valence-electron chi connectivity index (χ2n) is 10.6. The number of piperidine rings is 1. The Labute approximate surface area is 202 Å². The summed E-state index contributed by atoms with van der Waals surface area (Å²) in [6.07, 6.45) is 11.1. The van der Waals surface area contributed by atoms with E-state index in [9.17, 15) is 4.39 Å². The van der Waals surface area contributed by atoms with E-state index in [1.165, 1.54) is 38.4 Å². The van der Waals surface area contributed by atoms with Crippen molar-refractivity contribution >= 4 is 11.5 Å². The van der Waals surface area contributed by atoms with E-state index in [1.54, 1.807) is 12.1 Å². The topological polar surface area (TPSA) is 68.3 Å². The second kappa shape index (κ2) is 10.6. The highest BCUT2D eigenvalue weighted by Crippen LogP contribution is 2.32. The molecular formula is C27H37FN4O2.